The fraction of sp³-hybridized carbons (Fsp3) is 0.733. The van der Waals surface area contributed by atoms with E-state index >= 15 is 0 Å². The molecular formula is C15H26N4OS. The van der Waals surface area contributed by atoms with Crippen LogP contribution in [-0.2, 0) is 0 Å². The molecule has 1 amide bonds. The lowest BCUT2D eigenvalue weighted by molar-refractivity contribution is 0.0935. The van der Waals surface area contributed by atoms with Gasteiger partial charge in [-0.15, -0.1) is 0 Å². The summed E-state index contributed by atoms with van der Waals surface area (Å²) in [5.41, 5.74) is 5.91. The van der Waals surface area contributed by atoms with Gasteiger partial charge in [-0.05, 0) is 19.8 Å². The molecule has 1 heterocycles. The summed E-state index contributed by atoms with van der Waals surface area (Å²) in [5.74, 6) is 0.282. The number of aromatic nitrogens is 1. The largest absolute Gasteiger partial charge is 0.382 e. The van der Waals surface area contributed by atoms with Gasteiger partial charge in [0.25, 0.3) is 5.91 Å². The predicted octanol–water partition coefficient (Wildman–Crippen LogP) is 3.02. The third kappa shape index (κ3) is 4.33. The first-order chi connectivity index (χ1) is 10.1. The monoisotopic (exact) mass is 310 g/mol. The average molecular weight is 310 g/mol. The van der Waals surface area contributed by atoms with Gasteiger partial charge in [0, 0.05) is 19.6 Å². The Morgan fingerprint density at radius 2 is 1.95 bits per heavy atom. The summed E-state index contributed by atoms with van der Waals surface area (Å²) in [5, 5.41) is 3.95. The van der Waals surface area contributed by atoms with Gasteiger partial charge in [-0.3, -0.25) is 4.79 Å². The van der Waals surface area contributed by atoms with Crippen LogP contribution in [0, 0.1) is 0 Å². The van der Waals surface area contributed by atoms with Gasteiger partial charge < -0.3 is 16.0 Å². The van der Waals surface area contributed by atoms with Crippen LogP contribution in [-0.4, -0.2) is 30.5 Å². The van der Waals surface area contributed by atoms with Crippen LogP contribution in [0.4, 0.5) is 10.9 Å². The minimum Gasteiger partial charge on any atom is -0.382 e. The fourth-order valence-corrected chi connectivity index (χ4v) is 3.55. The average Bonchev–Trinajstić information content (AvgIpc) is 2.83. The molecule has 21 heavy (non-hydrogen) atoms. The summed E-state index contributed by atoms with van der Waals surface area (Å²) in [7, 11) is 1.95. The standard InChI is InChI=1S/C15H26N4OS/c1-3-19(2)15-18-13(16)12(21-15)14(20)17-11-9-7-5-4-6-8-10-11/h11H,3-10,16H2,1-2H3,(H,17,20). The number of amides is 1. The van der Waals surface area contributed by atoms with E-state index in [1.165, 1.54) is 43.4 Å². The predicted molar refractivity (Wildman–Crippen MR) is 89.0 cm³/mol. The van der Waals surface area contributed by atoms with Crippen molar-refractivity contribution in [2.75, 3.05) is 24.2 Å². The molecule has 3 N–H and O–H groups in total. The molecular weight excluding hydrogens is 284 g/mol. The third-order valence-corrected chi connectivity index (χ3v) is 5.27. The SMILES string of the molecule is CCN(C)c1nc(N)c(C(=O)NC2CCCCCCC2)s1. The number of nitrogens with two attached hydrogens (primary N) is 1. The highest BCUT2D eigenvalue weighted by Crippen LogP contribution is 2.27. The number of nitrogen functional groups attached to an aromatic ring is 1. The number of nitrogens with one attached hydrogen (secondary N) is 1. The number of hydrogen-bond donors (Lipinski definition) is 2. The molecule has 0 unspecified atom stereocenters. The van der Waals surface area contributed by atoms with E-state index in [9.17, 15) is 4.79 Å². The Bertz CT molecular complexity index is 466. The van der Waals surface area contributed by atoms with Crippen molar-refractivity contribution in [3.05, 3.63) is 4.88 Å². The third-order valence-electron chi connectivity index (χ3n) is 4.09. The van der Waals surface area contributed by atoms with Crippen molar-refractivity contribution in [2.45, 2.75) is 57.9 Å². The lowest BCUT2D eigenvalue weighted by Gasteiger charge is -2.20. The zero-order chi connectivity index (χ0) is 15.2. The zero-order valence-electron chi connectivity index (χ0n) is 13.0. The molecule has 6 heteroatoms. The van der Waals surface area contributed by atoms with Crippen LogP contribution in [0.25, 0.3) is 0 Å². The van der Waals surface area contributed by atoms with Crippen molar-refractivity contribution in [3.8, 4) is 0 Å². The molecule has 0 radical (unpaired) electrons. The highest BCUT2D eigenvalue weighted by atomic mass is 32.1. The smallest absolute Gasteiger partial charge is 0.265 e. The Morgan fingerprint density at radius 1 is 1.33 bits per heavy atom. The van der Waals surface area contributed by atoms with Crippen molar-refractivity contribution in [1.29, 1.82) is 0 Å². The molecule has 1 saturated carbocycles. The maximum absolute atomic E-state index is 12.4. The molecule has 1 aliphatic carbocycles. The molecule has 1 aromatic rings. The van der Waals surface area contributed by atoms with Gasteiger partial charge in [-0.2, -0.15) is 0 Å². The number of carbonyl (C=O) groups is 1. The molecule has 0 aliphatic heterocycles. The molecule has 2 rings (SSSR count). The first kappa shape index (κ1) is 16.1. The summed E-state index contributed by atoms with van der Waals surface area (Å²) in [6.07, 6.45) is 8.44. The Morgan fingerprint density at radius 3 is 2.57 bits per heavy atom. The van der Waals surface area contributed by atoms with Crippen molar-refractivity contribution < 1.29 is 4.79 Å². The van der Waals surface area contributed by atoms with E-state index in [-0.39, 0.29) is 11.9 Å². The minimum absolute atomic E-state index is 0.0636. The van der Waals surface area contributed by atoms with E-state index in [1.54, 1.807) is 0 Å². The lowest BCUT2D eigenvalue weighted by Crippen LogP contribution is -2.35. The molecule has 1 aliphatic rings. The quantitative estimate of drug-likeness (QED) is 0.896. The van der Waals surface area contributed by atoms with Crippen molar-refractivity contribution in [3.63, 3.8) is 0 Å². The number of nitrogens with zero attached hydrogens (tertiary/aromatic N) is 2. The van der Waals surface area contributed by atoms with Gasteiger partial charge in [-0.1, -0.05) is 43.4 Å². The van der Waals surface area contributed by atoms with Gasteiger partial charge in [0.05, 0.1) is 0 Å². The number of hydrogen-bond acceptors (Lipinski definition) is 5. The Kier molecular flexibility index (Phi) is 5.85. The fourth-order valence-electron chi connectivity index (χ4n) is 2.63. The van der Waals surface area contributed by atoms with Gasteiger partial charge in [0.15, 0.2) is 5.13 Å². The zero-order valence-corrected chi connectivity index (χ0v) is 13.8. The molecule has 0 saturated heterocycles. The normalized spacial score (nSPS) is 17.0. The molecule has 0 aromatic carbocycles. The van der Waals surface area contributed by atoms with Crippen LogP contribution in [0.3, 0.4) is 0 Å². The van der Waals surface area contributed by atoms with Crippen LogP contribution in [0.1, 0.15) is 61.5 Å². The Labute approximate surface area is 130 Å². The summed E-state index contributed by atoms with van der Waals surface area (Å²) in [6.45, 7) is 2.89. The van der Waals surface area contributed by atoms with Crippen LogP contribution >= 0.6 is 11.3 Å². The van der Waals surface area contributed by atoms with Gasteiger partial charge in [0.1, 0.15) is 10.7 Å². The van der Waals surface area contributed by atoms with Crippen molar-refractivity contribution in [2.24, 2.45) is 0 Å². The summed E-state index contributed by atoms with van der Waals surface area (Å²) < 4.78 is 0. The van der Waals surface area contributed by atoms with Gasteiger partial charge >= 0.3 is 0 Å². The van der Waals surface area contributed by atoms with E-state index < -0.39 is 0 Å². The highest BCUT2D eigenvalue weighted by molar-refractivity contribution is 7.18. The number of carbonyl (C=O) groups excluding carboxylic acids is 1. The van der Waals surface area contributed by atoms with E-state index in [2.05, 4.69) is 10.3 Å². The number of thiazole rings is 1. The first-order valence-electron chi connectivity index (χ1n) is 7.90. The van der Waals surface area contributed by atoms with E-state index in [0.29, 0.717) is 10.7 Å². The molecule has 0 bridgehead atoms. The second-order valence-electron chi connectivity index (χ2n) is 5.74. The number of rotatable bonds is 4. The summed E-state index contributed by atoms with van der Waals surface area (Å²) >= 11 is 1.38. The first-order valence-corrected chi connectivity index (χ1v) is 8.71. The van der Waals surface area contributed by atoms with E-state index in [4.69, 9.17) is 5.73 Å². The van der Waals surface area contributed by atoms with Crippen molar-refractivity contribution in [1.82, 2.24) is 10.3 Å². The molecule has 1 fully saturated rings. The Hall–Kier alpha value is -1.30. The second kappa shape index (κ2) is 7.64. The van der Waals surface area contributed by atoms with Gasteiger partial charge in [0.2, 0.25) is 0 Å². The summed E-state index contributed by atoms with van der Waals surface area (Å²) in [4.78, 5) is 19.2. The second-order valence-corrected chi connectivity index (χ2v) is 6.72. The molecule has 5 nitrogen and oxygen atoms in total. The van der Waals surface area contributed by atoms with Crippen LogP contribution in [0.5, 0.6) is 0 Å². The maximum Gasteiger partial charge on any atom is 0.265 e. The highest BCUT2D eigenvalue weighted by Gasteiger charge is 2.21. The molecule has 0 atom stereocenters. The van der Waals surface area contributed by atoms with E-state index in [1.807, 2.05) is 18.9 Å². The lowest BCUT2D eigenvalue weighted by atomic mass is 9.97. The van der Waals surface area contributed by atoms with Crippen molar-refractivity contribution >= 4 is 28.2 Å². The molecule has 1 aromatic heterocycles. The minimum atomic E-state index is -0.0636. The van der Waals surface area contributed by atoms with Crippen LogP contribution in [0.2, 0.25) is 0 Å². The van der Waals surface area contributed by atoms with E-state index in [0.717, 1.165) is 24.5 Å². The topological polar surface area (TPSA) is 71.2 Å². The molecule has 0 spiro atoms. The van der Waals surface area contributed by atoms with Gasteiger partial charge in [-0.25, -0.2) is 4.98 Å². The maximum atomic E-state index is 12.4. The van der Waals surface area contributed by atoms with Crippen LogP contribution < -0.4 is 16.0 Å². The number of anilines is 2. The summed E-state index contributed by atoms with van der Waals surface area (Å²) in [6, 6.07) is 0.284. The Balaban J connectivity index is 2.00. The van der Waals surface area contributed by atoms with Crippen LogP contribution in [0.15, 0.2) is 0 Å². The molecule has 118 valence electrons.